The molecule has 1 aromatic heterocycles. The molecule has 1 saturated heterocycles. The van der Waals surface area contributed by atoms with Gasteiger partial charge in [0.15, 0.2) is 0 Å². The summed E-state index contributed by atoms with van der Waals surface area (Å²) in [6.45, 7) is 3.74. The van der Waals surface area contributed by atoms with Crippen LogP contribution in [0.4, 0.5) is 0 Å². The van der Waals surface area contributed by atoms with Crippen molar-refractivity contribution in [2.45, 2.75) is 43.1 Å². The molecule has 1 fully saturated rings. The average molecular weight is 338 g/mol. The summed E-state index contributed by atoms with van der Waals surface area (Å²) >= 11 is 7.20. The fourth-order valence-electron chi connectivity index (χ4n) is 2.34. The molecule has 0 N–H and O–H groups in total. The summed E-state index contributed by atoms with van der Waals surface area (Å²) in [6.07, 6.45) is 2.73. The number of nitrogens with zero attached hydrogens (tertiary/aromatic N) is 1. The predicted molar refractivity (Wildman–Crippen MR) is 81.9 cm³/mol. The van der Waals surface area contributed by atoms with E-state index in [1.54, 1.807) is 11.4 Å². The number of rotatable bonds is 6. The summed E-state index contributed by atoms with van der Waals surface area (Å²) < 4.78 is 32.6. The Hall–Kier alpha value is -0.140. The van der Waals surface area contributed by atoms with Gasteiger partial charge in [0.2, 0.25) is 10.0 Å². The summed E-state index contributed by atoms with van der Waals surface area (Å²) in [5.41, 5.74) is 0. The molecule has 0 bridgehead atoms. The quantitative estimate of drug-likeness (QED) is 0.749. The van der Waals surface area contributed by atoms with Crippen molar-refractivity contribution in [3.63, 3.8) is 0 Å². The van der Waals surface area contributed by atoms with E-state index in [1.807, 2.05) is 0 Å². The van der Waals surface area contributed by atoms with Crippen LogP contribution in [0.2, 0.25) is 0 Å². The van der Waals surface area contributed by atoms with E-state index in [2.05, 4.69) is 6.92 Å². The van der Waals surface area contributed by atoms with E-state index < -0.39 is 10.0 Å². The van der Waals surface area contributed by atoms with E-state index in [0.717, 1.165) is 19.3 Å². The van der Waals surface area contributed by atoms with Crippen LogP contribution in [-0.2, 0) is 20.6 Å². The van der Waals surface area contributed by atoms with Gasteiger partial charge in [-0.25, -0.2) is 8.42 Å². The van der Waals surface area contributed by atoms with Gasteiger partial charge in [-0.05, 0) is 30.7 Å². The van der Waals surface area contributed by atoms with Gasteiger partial charge in [0, 0.05) is 24.6 Å². The molecular formula is C13H20ClNO3S2. The van der Waals surface area contributed by atoms with Crippen molar-refractivity contribution in [2.75, 3.05) is 19.7 Å². The number of alkyl halides is 1. The zero-order valence-corrected chi connectivity index (χ0v) is 13.9. The maximum absolute atomic E-state index is 12.7. The van der Waals surface area contributed by atoms with Gasteiger partial charge in [-0.15, -0.1) is 22.9 Å². The van der Waals surface area contributed by atoms with Gasteiger partial charge in [-0.1, -0.05) is 6.92 Å². The van der Waals surface area contributed by atoms with Crippen LogP contribution in [-0.4, -0.2) is 38.5 Å². The lowest BCUT2D eigenvalue weighted by Crippen LogP contribution is -2.43. The molecule has 20 heavy (non-hydrogen) atoms. The molecule has 2 rings (SSSR count). The van der Waals surface area contributed by atoms with Crippen molar-refractivity contribution in [3.05, 3.63) is 16.3 Å². The second-order valence-corrected chi connectivity index (χ2v) is 8.01. The molecule has 4 nitrogen and oxygen atoms in total. The van der Waals surface area contributed by atoms with Gasteiger partial charge in [-0.2, -0.15) is 4.31 Å². The minimum Gasteiger partial charge on any atom is -0.377 e. The number of sulfonamides is 1. The van der Waals surface area contributed by atoms with Gasteiger partial charge >= 0.3 is 0 Å². The Labute approximate surface area is 129 Å². The number of thiophene rings is 1. The maximum atomic E-state index is 12.7. The van der Waals surface area contributed by atoms with Crippen molar-refractivity contribution in [1.29, 1.82) is 0 Å². The molecule has 1 unspecified atom stereocenters. The molecule has 114 valence electrons. The minimum atomic E-state index is -3.44. The van der Waals surface area contributed by atoms with Gasteiger partial charge < -0.3 is 4.74 Å². The topological polar surface area (TPSA) is 46.6 Å². The van der Waals surface area contributed by atoms with Crippen LogP contribution in [0.25, 0.3) is 0 Å². The van der Waals surface area contributed by atoms with Crippen molar-refractivity contribution < 1.29 is 13.2 Å². The summed E-state index contributed by atoms with van der Waals surface area (Å²) in [7, 11) is -3.44. The third kappa shape index (κ3) is 3.54. The van der Waals surface area contributed by atoms with E-state index in [1.165, 1.54) is 15.6 Å². The van der Waals surface area contributed by atoms with Gasteiger partial charge in [0.05, 0.1) is 16.9 Å². The SMILES string of the molecule is CCCOC1CCCN(S(=O)(=O)c2ccsc2CCl)C1. The Bertz CT molecular complexity index is 529. The highest BCUT2D eigenvalue weighted by molar-refractivity contribution is 7.89. The molecule has 1 aliphatic heterocycles. The summed E-state index contributed by atoms with van der Waals surface area (Å²) in [4.78, 5) is 1.07. The van der Waals surface area contributed by atoms with Crippen LogP contribution in [0.5, 0.6) is 0 Å². The fraction of sp³-hybridized carbons (Fsp3) is 0.692. The molecule has 7 heteroatoms. The molecule has 0 radical (unpaired) electrons. The standard InChI is InChI=1S/C13H20ClNO3S2/c1-2-7-18-11-4-3-6-15(10-11)20(16,17)13-5-8-19-12(13)9-14/h5,8,11H,2-4,6-7,9-10H2,1H3. The second kappa shape index (κ2) is 7.22. The Balaban J connectivity index is 2.13. The Kier molecular flexibility index (Phi) is 5.86. The molecule has 1 aliphatic rings. The molecule has 0 aliphatic carbocycles. The van der Waals surface area contributed by atoms with E-state index >= 15 is 0 Å². The number of halogens is 1. The third-order valence-corrected chi connectivity index (χ3v) is 6.77. The molecule has 0 spiro atoms. The molecule has 1 aromatic rings. The lowest BCUT2D eigenvalue weighted by molar-refractivity contribution is 0.0193. The molecular weight excluding hydrogens is 318 g/mol. The van der Waals surface area contributed by atoms with Gasteiger partial charge in [0.1, 0.15) is 0 Å². The van der Waals surface area contributed by atoms with Gasteiger partial charge in [-0.3, -0.25) is 0 Å². The van der Waals surface area contributed by atoms with Crippen LogP contribution >= 0.6 is 22.9 Å². The summed E-state index contributed by atoms with van der Waals surface area (Å²) in [5.74, 6) is 0.232. The molecule has 0 aromatic carbocycles. The first-order valence-corrected chi connectivity index (χ1v) is 9.69. The lowest BCUT2D eigenvalue weighted by atomic mass is 10.1. The summed E-state index contributed by atoms with van der Waals surface area (Å²) in [5, 5.41) is 1.78. The number of piperidine rings is 1. The summed E-state index contributed by atoms with van der Waals surface area (Å²) in [6, 6.07) is 1.65. The van der Waals surface area contributed by atoms with E-state index in [9.17, 15) is 8.42 Å². The molecule has 0 saturated carbocycles. The first-order valence-electron chi connectivity index (χ1n) is 6.83. The van der Waals surface area contributed by atoms with E-state index in [-0.39, 0.29) is 12.0 Å². The monoisotopic (exact) mass is 337 g/mol. The second-order valence-electron chi connectivity index (χ2n) is 4.84. The lowest BCUT2D eigenvalue weighted by Gasteiger charge is -2.31. The Morgan fingerprint density at radius 3 is 3.05 bits per heavy atom. The van der Waals surface area contributed by atoms with E-state index in [4.69, 9.17) is 16.3 Å². The predicted octanol–water partition coefficient (Wildman–Crippen LogP) is 3.07. The number of hydrogen-bond donors (Lipinski definition) is 0. The van der Waals surface area contributed by atoms with Crippen LogP contribution in [0, 0.1) is 0 Å². The van der Waals surface area contributed by atoms with Gasteiger partial charge in [0.25, 0.3) is 0 Å². The Morgan fingerprint density at radius 2 is 2.35 bits per heavy atom. The average Bonchev–Trinajstić information content (AvgIpc) is 2.94. The van der Waals surface area contributed by atoms with E-state index in [0.29, 0.717) is 29.5 Å². The fourth-order valence-corrected chi connectivity index (χ4v) is 5.52. The zero-order valence-electron chi connectivity index (χ0n) is 11.5. The molecule has 0 amide bonds. The van der Waals surface area contributed by atoms with Crippen molar-refractivity contribution in [3.8, 4) is 0 Å². The highest BCUT2D eigenvalue weighted by Crippen LogP contribution is 2.28. The zero-order chi connectivity index (χ0) is 14.6. The Morgan fingerprint density at radius 1 is 1.55 bits per heavy atom. The first kappa shape index (κ1) is 16.2. The highest BCUT2D eigenvalue weighted by atomic mass is 35.5. The van der Waals surface area contributed by atoms with Crippen LogP contribution in [0.3, 0.4) is 0 Å². The number of ether oxygens (including phenoxy) is 1. The first-order chi connectivity index (χ1) is 9.59. The molecule has 2 heterocycles. The van der Waals surface area contributed by atoms with Crippen molar-refractivity contribution in [1.82, 2.24) is 4.31 Å². The molecule has 1 atom stereocenters. The van der Waals surface area contributed by atoms with Crippen molar-refractivity contribution >= 4 is 33.0 Å². The third-order valence-electron chi connectivity index (χ3n) is 3.34. The van der Waals surface area contributed by atoms with Crippen LogP contribution in [0.1, 0.15) is 31.1 Å². The maximum Gasteiger partial charge on any atom is 0.244 e. The van der Waals surface area contributed by atoms with Crippen LogP contribution in [0.15, 0.2) is 16.3 Å². The normalized spacial score (nSPS) is 21.2. The smallest absolute Gasteiger partial charge is 0.244 e. The highest BCUT2D eigenvalue weighted by Gasteiger charge is 2.32. The van der Waals surface area contributed by atoms with Crippen molar-refractivity contribution in [2.24, 2.45) is 0 Å². The van der Waals surface area contributed by atoms with Crippen LogP contribution < -0.4 is 0 Å². The number of hydrogen-bond acceptors (Lipinski definition) is 4. The minimum absolute atomic E-state index is 0.0107. The largest absolute Gasteiger partial charge is 0.377 e.